The van der Waals surface area contributed by atoms with Gasteiger partial charge in [-0.2, -0.15) is 5.10 Å². The summed E-state index contributed by atoms with van der Waals surface area (Å²) < 4.78 is 12.6. The van der Waals surface area contributed by atoms with Crippen LogP contribution in [0.15, 0.2) is 48.5 Å². The molecule has 0 saturated carbocycles. The number of aryl methyl sites for hydroxylation is 2. The van der Waals surface area contributed by atoms with Gasteiger partial charge in [-0.15, -0.1) is 0 Å². The van der Waals surface area contributed by atoms with Crippen molar-refractivity contribution < 1.29 is 19.1 Å². The molecule has 198 valence electrons. The molecule has 0 bridgehead atoms. The Labute approximate surface area is 220 Å². The highest BCUT2D eigenvalue weighted by Gasteiger charge is 2.18. The number of amides is 1. The van der Waals surface area contributed by atoms with Crippen molar-refractivity contribution >= 4 is 11.9 Å². The molecular formula is C30H39N3O4. The van der Waals surface area contributed by atoms with Crippen molar-refractivity contribution in [2.24, 2.45) is 5.92 Å². The van der Waals surface area contributed by atoms with Crippen molar-refractivity contribution in [3.8, 4) is 17.0 Å². The Morgan fingerprint density at radius 2 is 1.76 bits per heavy atom. The Bertz CT molecular complexity index is 1220. The van der Waals surface area contributed by atoms with Gasteiger partial charge in [-0.1, -0.05) is 57.2 Å². The molecule has 37 heavy (non-hydrogen) atoms. The lowest BCUT2D eigenvalue weighted by atomic mass is 9.86. The second-order valence-corrected chi connectivity index (χ2v) is 10.3. The van der Waals surface area contributed by atoms with Gasteiger partial charge in [0.15, 0.2) is 0 Å². The van der Waals surface area contributed by atoms with E-state index in [2.05, 4.69) is 55.5 Å². The number of aromatic nitrogens is 2. The summed E-state index contributed by atoms with van der Waals surface area (Å²) in [6.07, 6.45) is 0. The van der Waals surface area contributed by atoms with Gasteiger partial charge in [0.05, 0.1) is 18.2 Å². The molecule has 3 rings (SSSR count). The van der Waals surface area contributed by atoms with Gasteiger partial charge in [0.2, 0.25) is 0 Å². The maximum absolute atomic E-state index is 13.0. The number of nitrogens with zero attached hydrogens (tertiary/aromatic N) is 2. The monoisotopic (exact) mass is 505 g/mol. The maximum Gasteiger partial charge on any atom is 0.312 e. The Morgan fingerprint density at radius 3 is 2.35 bits per heavy atom. The molecule has 0 aliphatic rings. The summed E-state index contributed by atoms with van der Waals surface area (Å²) in [4.78, 5) is 24.8. The van der Waals surface area contributed by atoms with Gasteiger partial charge in [-0.3, -0.25) is 14.3 Å². The Morgan fingerprint density at radius 1 is 1.05 bits per heavy atom. The van der Waals surface area contributed by atoms with Crippen LogP contribution in [0.1, 0.15) is 68.7 Å². The van der Waals surface area contributed by atoms with E-state index in [4.69, 9.17) is 9.47 Å². The first-order valence-electron chi connectivity index (χ1n) is 12.9. The molecule has 1 N–H and O–H groups in total. The Hall–Kier alpha value is -3.61. The van der Waals surface area contributed by atoms with Crippen LogP contribution in [0.2, 0.25) is 0 Å². The van der Waals surface area contributed by atoms with Crippen LogP contribution in [0.5, 0.6) is 5.75 Å². The van der Waals surface area contributed by atoms with E-state index in [-0.39, 0.29) is 29.8 Å². The van der Waals surface area contributed by atoms with E-state index in [1.165, 1.54) is 5.56 Å². The van der Waals surface area contributed by atoms with Gasteiger partial charge < -0.3 is 14.8 Å². The van der Waals surface area contributed by atoms with Gasteiger partial charge in [0.1, 0.15) is 18.1 Å². The Kier molecular flexibility index (Phi) is 9.14. The number of rotatable bonds is 10. The average Bonchev–Trinajstić information content (AvgIpc) is 3.31. The molecule has 0 aliphatic carbocycles. The number of hydrogen-bond acceptors (Lipinski definition) is 5. The highest BCUT2D eigenvalue weighted by atomic mass is 16.5. The van der Waals surface area contributed by atoms with E-state index in [0.717, 1.165) is 22.4 Å². The zero-order chi connectivity index (χ0) is 27.2. The molecule has 0 spiro atoms. The van der Waals surface area contributed by atoms with Crippen LogP contribution in [0, 0.1) is 12.8 Å². The fraction of sp³-hybridized carbons (Fsp3) is 0.433. The fourth-order valence-electron chi connectivity index (χ4n) is 3.95. The first-order chi connectivity index (χ1) is 17.5. The summed E-state index contributed by atoms with van der Waals surface area (Å²) in [5.41, 5.74) is 5.52. The molecule has 2 aromatic carbocycles. The molecule has 7 nitrogen and oxygen atoms in total. The van der Waals surface area contributed by atoms with Crippen molar-refractivity contribution in [1.29, 1.82) is 0 Å². The number of carbonyl (C=O) groups excluding carboxylic acids is 2. The third kappa shape index (κ3) is 7.21. The van der Waals surface area contributed by atoms with Gasteiger partial charge in [0, 0.05) is 18.7 Å². The second kappa shape index (κ2) is 12.1. The van der Waals surface area contributed by atoms with E-state index in [9.17, 15) is 9.59 Å². The number of esters is 1. The molecule has 0 aliphatic heterocycles. The smallest absolute Gasteiger partial charge is 0.312 e. The van der Waals surface area contributed by atoms with E-state index >= 15 is 0 Å². The van der Waals surface area contributed by atoms with Crippen molar-refractivity contribution in [2.75, 3.05) is 13.2 Å². The SMILES string of the molecule is CCOC(=O)C(C)COc1ccc(CNC(=O)c2cc(-c3ccc(C(C)(C)C)cc3)nn2CC)cc1C. The fourth-order valence-corrected chi connectivity index (χ4v) is 3.95. The quantitative estimate of drug-likeness (QED) is 0.358. The molecule has 3 aromatic rings. The molecule has 0 radical (unpaired) electrons. The molecule has 1 amide bonds. The zero-order valence-electron chi connectivity index (χ0n) is 23.1. The number of ether oxygens (including phenoxy) is 2. The summed E-state index contributed by atoms with van der Waals surface area (Å²) in [7, 11) is 0. The van der Waals surface area contributed by atoms with Crippen molar-refractivity contribution in [2.45, 2.75) is 67.0 Å². The highest BCUT2D eigenvalue weighted by Crippen LogP contribution is 2.26. The van der Waals surface area contributed by atoms with Crippen LogP contribution in [0.25, 0.3) is 11.3 Å². The minimum absolute atomic E-state index is 0.0795. The summed E-state index contributed by atoms with van der Waals surface area (Å²) in [6, 6.07) is 16.0. The molecule has 0 saturated heterocycles. The zero-order valence-corrected chi connectivity index (χ0v) is 23.1. The summed E-state index contributed by atoms with van der Waals surface area (Å²) >= 11 is 0. The van der Waals surface area contributed by atoms with Gasteiger partial charge in [0.25, 0.3) is 5.91 Å². The third-order valence-corrected chi connectivity index (χ3v) is 6.23. The van der Waals surface area contributed by atoms with Crippen molar-refractivity contribution in [3.05, 3.63) is 70.9 Å². The van der Waals surface area contributed by atoms with E-state index in [1.807, 2.05) is 38.1 Å². The van der Waals surface area contributed by atoms with Crippen LogP contribution in [0.3, 0.4) is 0 Å². The third-order valence-electron chi connectivity index (χ3n) is 6.23. The van der Waals surface area contributed by atoms with E-state index in [1.54, 1.807) is 18.5 Å². The van der Waals surface area contributed by atoms with Gasteiger partial charge >= 0.3 is 5.97 Å². The molecule has 7 heteroatoms. The number of hydrogen-bond donors (Lipinski definition) is 1. The maximum atomic E-state index is 13.0. The minimum Gasteiger partial charge on any atom is -0.492 e. The molecule has 1 aromatic heterocycles. The highest BCUT2D eigenvalue weighted by molar-refractivity contribution is 5.93. The van der Waals surface area contributed by atoms with Gasteiger partial charge in [-0.25, -0.2) is 0 Å². The lowest BCUT2D eigenvalue weighted by molar-refractivity contribution is -0.148. The lowest BCUT2D eigenvalue weighted by Gasteiger charge is -2.18. The summed E-state index contributed by atoms with van der Waals surface area (Å²) in [5, 5.41) is 7.67. The number of benzene rings is 2. The molecule has 1 atom stereocenters. The van der Waals surface area contributed by atoms with Crippen molar-refractivity contribution in [3.63, 3.8) is 0 Å². The first kappa shape index (κ1) is 28.0. The van der Waals surface area contributed by atoms with Crippen LogP contribution in [-0.4, -0.2) is 34.9 Å². The van der Waals surface area contributed by atoms with Gasteiger partial charge in [-0.05, 0) is 61.9 Å². The molecule has 1 unspecified atom stereocenters. The van der Waals surface area contributed by atoms with Crippen LogP contribution in [0.4, 0.5) is 0 Å². The van der Waals surface area contributed by atoms with E-state index in [0.29, 0.717) is 31.1 Å². The lowest BCUT2D eigenvalue weighted by Crippen LogP contribution is -2.25. The molecular weight excluding hydrogens is 466 g/mol. The van der Waals surface area contributed by atoms with Crippen LogP contribution < -0.4 is 10.1 Å². The van der Waals surface area contributed by atoms with Crippen LogP contribution >= 0.6 is 0 Å². The normalized spacial score (nSPS) is 12.2. The van der Waals surface area contributed by atoms with Crippen LogP contribution in [-0.2, 0) is 28.0 Å². The topological polar surface area (TPSA) is 82.4 Å². The summed E-state index contributed by atoms with van der Waals surface area (Å²) in [5.74, 6) is -0.0792. The number of carbonyl (C=O) groups is 2. The second-order valence-electron chi connectivity index (χ2n) is 10.3. The van der Waals surface area contributed by atoms with Crippen molar-refractivity contribution in [1.82, 2.24) is 15.1 Å². The predicted octanol–water partition coefficient (Wildman–Crippen LogP) is 5.68. The molecule has 0 fully saturated rings. The Balaban J connectivity index is 1.64. The molecule has 1 heterocycles. The largest absolute Gasteiger partial charge is 0.492 e. The summed E-state index contributed by atoms with van der Waals surface area (Å²) in [6.45, 7) is 15.6. The first-order valence-corrected chi connectivity index (χ1v) is 12.9. The predicted molar refractivity (Wildman–Crippen MR) is 146 cm³/mol. The minimum atomic E-state index is -0.344. The average molecular weight is 506 g/mol. The standard InChI is InChI=1S/C30H39N3O4/c1-8-33-26(17-25(32-33)23-11-13-24(14-12-23)30(5,6)7)28(34)31-18-22-10-15-27(20(3)16-22)37-19-21(4)29(35)36-9-2/h10-17,21H,8-9,18-19H2,1-7H3,(H,31,34). The van der Waals surface area contributed by atoms with E-state index < -0.39 is 0 Å². The number of nitrogens with one attached hydrogen (secondary N) is 1.